The van der Waals surface area contributed by atoms with E-state index in [2.05, 4.69) is 31.1 Å². The molecule has 1 fully saturated rings. The second kappa shape index (κ2) is 11.0. The minimum atomic E-state index is -3.78. The molecule has 31 heavy (non-hydrogen) atoms. The number of aryl methyl sites for hydroxylation is 1. The summed E-state index contributed by atoms with van der Waals surface area (Å²) in [6, 6.07) is 17.1. The molecule has 0 spiro atoms. The van der Waals surface area contributed by atoms with Gasteiger partial charge in [0.1, 0.15) is 5.84 Å². The second-order valence-electron chi connectivity index (χ2n) is 7.73. The molecule has 0 radical (unpaired) electrons. The number of piperazine rings is 1. The summed E-state index contributed by atoms with van der Waals surface area (Å²) < 4.78 is 30.0. The molecule has 0 N–H and O–H groups in total. The van der Waals surface area contributed by atoms with Crippen LogP contribution in [0.25, 0.3) is 5.53 Å². The van der Waals surface area contributed by atoms with Crippen molar-refractivity contribution in [3.63, 3.8) is 0 Å². The highest BCUT2D eigenvalue weighted by molar-refractivity contribution is 7.90. The molecular formula is C23H29N5O2S. The standard InChI is InChI=1S/C23H29N5O2S/c1-20-10-12-22(13-11-20)31(29,30)26-23(9-5-6-14-25-24)28-17-15-27(16-18-28)19-21-7-3-2-4-8-21/h2-4,7-8,10-14H,5-6,9,15-19H2,1H3/b26-23-. The van der Waals surface area contributed by atoms with Gasteiger partial charge in [0.05, 0.1) is 4.90 Å². The minimum Gasteiger partial charge on any atom is -0.362 e. The van der Waals surface area contributed by atoms with E-state index in [1.807, 2.05) is 25.1 Å². The highest BCUT2D eigenvalue weighted by Crippen LogP contribution is 2.17. The van der Waals surface area contributed by atoms with Gasteiger partial charge in [0.25, 0.3) is 16.2 Å². The third-order valence-electron chi connectivity index (χ3n) is 5.35. The van der Waals surface area contributed by atoms with Gasteiger partial charge in [0, 0.05) is 45.6 Å². The maximum Gasteiger partial charge on any atom is 0.283 e. The van der Waals surface area contributed by atoms with E-state index in [0.717, 1.165) is 38.3 Å². The first-order chi connectivity index (χ1) is 15.0. The molecule has 2 aromatic carbocycles. The van der Waals surface area contributed by atoms with Crippen LogP contribution in [0.5, 0.6) is 0 Å². The zero-order valence-corrected chi connectivity index (χ0v) is 18.7. The summed E-state index contributed by atoms with van der Waals surface area (Å²) in [7, 11) is -3.78. The lowest BCUT2D eigenvalue weighted by molar-refractivity contribution is 0.000804. The molecule has 164 valence electrons. The van der Waals surface area contributed by atoms with Crippen molar-refractivity contribution < 1.29 is 13.2 Å². The van der Waals surface area contributed by atoms with E-state index in [1.54, 1.807) is 24.3 Å². The summed E-state index contributed by atoms with van der Waals surface area (Å²) in [5, 5.41) is 0. The monoisotopic (exact) mass is 439 g/mol. The van der Waals surface area contributed by atoms with Gasteiger partial charge in [-0.25, -0.2) is 0 Å². The highest BCUT2D eigenvalue weighted by atomic mass is 32.2. The Hall–Kier alpha value is -2.80. The van der Waals surface area contributed by atoms with Crippen LogP contribution in [-0.2, 0) is 16.6 Å². The molecule has 7 nitrogen and oxygen atoms in total. The maximum atomic E-state index is 12.9. The predicted molar refractivity (Wildman–Crippen MR) is 123 cm³/mol. The molecule has 1 heterocycles. The average Bonchev–Trinajstić information content (AvgIpc) is 2.77. The third kappa shape index (κ3) is 6.85. The van der Waals surface area contributed by atoms with Crippen LogP contribution in [0.15, 0.2) is 63.9 Å². The van der Waals surface area contributed by atoms with Crippen LogP contribution in [0.3, 0.4) is 0 Å². The average molecular weight is 440 g/mol. The highest BCUT2D eigenvalue weighted by Gasteiger charge is 2.23. The summed E-state index contributed by atoms with van der Waals surface area (Å²) in [6.07, 6.45) is 3.16. The first-order valence-electron chi connectivity index (χ1n) is 10.6. The Balaban J connectivity index is 1.72. The van der Waals surface area contributed by atoms with E-state index in [1.165, 1.54) is 11.8 Å². The summed E-state index contributed by atoms with van der Waals surface area (Å²) in [5.74, 6) is 0.575. The fraction of sp³-hybridized carbons (Fsp3) is 0.391. The Kier molecular flexibility index (Phi) is 8.12. The van der Waals surface area contributed by atoms with Crippen LogP contribution in [0, 0.1) is 6.92 Å². The summed E-state index contributed by atoms with van der Waals surface area (Å²) in [4.78, 5) is 7.67. The second-order valence-corrected chi connectivity index (χ2v) is 9.34. The van der Waals surface area contributed by atoms with Gasteiger partial charge in [0.2, 0.25) is 0 Å². The number of rotatable bonds is 8. The van der Waals surface area contributed by atoms with Crippen molar-refractivity contribution in [1.82, 2.24) is 9.80 Å². The molecule has 0 unspecified atom stereocenters. The Morgan fingerprint density at radius 3 is 2.39 bits per heavy atom. The quantitative estimate of drug-likeness (QED) is 0.207. The molecule has 0 amide bonds. The van der Waals surface area contributed by atoms with Crippen molar-refractivity contribution in [3.8, 4) is 0 Å². The number of benzene rings is 2. The topological polar surface area (TPSA) is 89.4 Å². The summed E-state index contributed by atoms with van der Waals surface area (Å²) in [5.41, 5.74) is 10.9. The van der Waals surface area contributed by atoms with Gasteiger partial charge in [0.15, 0.2) is 0 Å². The van der Waals surface area contributed by atoms with E-state index >= 15 is 0 Å². The molecule has 1 saturated heterocycles. The zero-order chi connectivity index (χ0) is 22.1. The molecular weight excluding hydrogens is 410 g/mol. The fourth-order valence-corrected chi connectivity index (χ4v) is 4.65. The fourth-order valence-electron chi connectivity index (χ4n) is 3.58. The lowest BCUT2D eigenvalue weighted by Gasteiger charge is -2.36. The molecule has 1 aliphatic rings. The van der Waals surface area contributed by atoms with Crippen LogP contribution in [0.4, 0.5) is 0 Å². The van der Waals surface area contributed by atoms with Gasteiger partial charge in [-0.3, -0.25) is 4.90 Å². The zero-order valence-electron chi connectivity index (χ0n) is 17.9. The Labute approximate surface area is 184 Å². The van der Waals surface area contributed by atoms with E-state index < -0.39 is 10.0 Å². The van der Waals surface area contributed by atoms with E-state index in [-0.39, 0.29) is 4.90 Å². The van der Waals surface area contributed by atoms with E-state index in [4.69, 9.17) is 5.53 Å². The minimum absolute atomic E-state index is 0.204. The number of hydrogen-bond donors (Lipinski definition) is 0. The normalized spacial score (nSPS) is 15.5. The number of hydrogen-bond acceptors (Lipinski definition) is 3. The van der Waals surface area contributed by atoms with Crippen LogP contribution in [0.2, 0.25) is 0 Å². The van der Waals surface area contributed by atoms with E-state index in [9.17, 15) is 8.42 Å². The summed E-state index contributed by atoms with van der Waals surface area (Å²) >= 11 is 0. The lowest BCUT2D eigenvalue weighted by Crippen LogP contribution is -2.48. The molecule has 0 bridgehead atoms. The van der Waals surface area contributed by atoms with Crippen molar-refractivity contribution >= 4 is 22.1 Å². The van der Waals surface area contributed by atoms with Gasteiger partial charge in [-0.1, -0.05) is 48.0 Å². The predicted octanol–water partition coefficient (Wildman–Crippen LogP) is 3.37. The maximum absolute atomic E-state index is 12.9. The smallest absolute Gasteiger partial charge is 0.283 e. The van der Waals surface area contributed by atoms with Crippen LogP contribution < -0.4 is 0 Å². The number of unbranched alkanes of at least 4 members (excludes halogenated alkanes) is 1. The van der Waals surface area contributed by atoms with E-state index in [0.29, 0.717) is 25.1 Å². The van der Waals surface area contributed by atoms with Gasteiger partial charge in [-0.05, 0) is 31.0 Å². The third-order valence-corrected chi connectivity index (χ3v) is 6.66. The van der Waals surface area contributed by atoms with Gasteiger partial charge in [-0.2, -0.15) is 13.2 Å². The molecule has 0 aromatic heterocycles. The number of sulfonamides is 1. The molecule has 8 heteroatoms. The number of nitrogens with zero attached hydrogens (tertiary/aromatic N) is 5. The number of amidine groups is 1. The molecule has 3 rings (SSSR count). The van der Waals surface area contributed by atoms with Gasteiger partial charge >= 0.3 is 0 Å². The van der Waals surface area contributed by atoms with Gasteiger partial charge < -0.3 is 10.4 Å². The molecule has 1 aliphatic heterocycles. The van der Waals surface area contributed by atoms with Crippen LogP contribution in [0.1, 0.15) is 30.4 Å². The van der Waals surface area contributed by atoms with Gasteiger partial charge in [-0.15, -0.1) is 4.40 Å². The molecule has 0 saturated carbocycles. The Morgan fingerprint density at radius 2 is 1.74 bits per heavy atom. The molecule has 2 aromatic rings. The first kappa shape index (κ1) is 22.9. The SMILES string of the molecule is Cc1ccc(S(=O)(=O)/N=C(/CCCC=[N+]=[N-])N2CCN(Cc3ccccc3)CC2)cc1. The lowest BCUT2D eigenvalue weighted by atomic mass is 10.2. The van der Waals surface area contributed by atoms with Crippen molar-refractivity contribution in [2.45, 2.75) is 37.6 Å². The van der Waals surface area contributed by atoms with Crippen LogP contribution in [-0.4, -0.2) is 61.2 Å². The van der Waals surface area contributed by atoms with Crippen molar-refractivity contribution in [2.24, 2.45) is 4.40 Å². The van der Waals surface area contributed by atoms with Crippen molar-refractivity contribution in [1.29, 1.82) is 0 Å². The molecule has 0 atom stereocenters. The van der Waals surface area contributed by atoms with Crippen molar-refractivity contribution in [2.75, 3.05) is 26.2 Å². The van der Waals surface area contributed by atoms with Crippen molar-refractivity contribution in [3.05, 3.63) is 71.3 Å². The van der Waals surface area contributed by atoms with Crippen LogP contribution >= 0.6 is 0 Å². The Morgan fingerprint density at radius 1 is 1.06 bits per heavy atom. The first-order valence-corrected chi connectivity index (χ1v) is 12.0. The summed E-state index contributed by atoms with van der Waals surface area (Å²) in [6.45, 7) is 5.94. The Bertz CT molecular complexity index is 1020. The molecule has 0 aliphatic carbocycles. The largest absolute Gasteiger partial charge is 0.362 e.